The molecule has 1 aromatic heterocycles. The maximum atomic E-state index is 12.5. The third kappa shape index (κ3) is 2.81. The van der Waals surface area contributed by atoms with Gasteiger partial charge in [0.1, 0.15) is 15.3 Å². The monoisotopic (exact) mass is 359 g/mol. The maximum Gasteiger partial charge on any atom is 0.322 e. The van der Waals surface area contributed by atoms with Gasteiger partial charge in [-0.1, -0.05) is 23.2 Å². The fourth-order valence-corrected chi connectivity index (χ4v) is 5.80. The van der Waals surface area contributed by atoms with Gasteiger partial charge in [0, 0.05) is 20.1 Å². The van der Waals surface area contributed by atoms with Gasteiger partial charge in [-0.05, 0) is 6.07 Å². The lowest BCUT2D eigenvalue weighted by Crippen LogP contribution is -2.40. The summed E-state index contributed by atoms with van der Waals surface area (Å²) < 4.78 is 31.2. The van der Waals surface area contributed by atoms with Crippen LogP contribution in [0.5, 0.6) is 0 Å². The summed E-state index contributed by atoms with van der Waals surface area (Å²) in [6, 6.07) is 0.0582. The van der Waals surface area contributed by atoms with Gasteiger partial charge in [0.15, 0.2) is 0 Å². The van der Waals surface area contributed by atoms with Crippen LogP contribution in [0, 0.1) is 0 Å². The van der Waals surface area contributed by atoms with E-state index in [1.165, 1.54) is 13.2 Å². The fourth-order valence-electron chi connectivity index (χ4n) is 2.06. The molecular formula is C10H11Cl2NO5S2. The van der Waals surface area contributed by atoms with Gasteiger partial charge >= 0.3 is 5.97 Å². The summed E-state index contributed by atoms with van der Waals surface area (Å²) in [4.78, 5) is 11.1. The highest BCUT2D eigenvalue weighted by molar-refractivity contribution is 7.89. The molecule has 1 N–H and O–H groups in total. The molecule has 20 heavy (non-hydrogen) atoms. The van der Waals surface area contributed by atoms with E-state index in [0.717, 1.165) is 15.6 Å². The summed E-state index contributed by atoms with van der Waals surface area (Å²) in [5, 5.41) is 9.16. The Morgan fingerprint density at radius 2 is 2.20 bits per heavy atom. The van der Waals surface area contributed by atoms with E-state index in [9.17, 15) is 13.2 Å². The predicted octanol–water partition coefficient (Wildman–Crippen LogP) is 1.92. The largest absolute Gasteiger partial charge is 0.480 e. The lowest BCUT2D eigenvalue weighted by atomic mass is 10.2. The number of aliphatic carboxylic acids is 1. The zero-order valence-corrected chi connectivity index (χ0v) is 13.4. The van der Waals surface area contributed by atoms with Crippen LogP contribution < -0.4 is 0 Å². The van der Waals surface area contributed by atoms with Crippen LogP contribution in [0.15, 0.2) is 11.0 Å². The minimum absolute atomic E-state index is 0.0139. The van der Waals surface area contributed by atoms with Crippen molar-refractivity contribution in [1.29, 1.82) is 0 Å². The first-order chi connectivity index (χ1) is 9.27. The first-order valence-corrected chi connectivity index (χ1v) is 8.51. The van der Waals surface area contributed by atoms with E-state index in [2.05, 4.69) is 0 Å². The minimum Gasteiger partial charge on any atom is -0.480 e. The number of hydrogen-bond acceptors (Lipinski definition) is 5. The molecule has 0 aliphatic carbocycles. The third-order valence-corrected chi connectivity index (χ3v) is 6.68. The topological polar surface area (TPSA) is 83.9 Å². The summed E-state index contributed by atoms with van der Waals surface area (Å²) >= 11 is 12.5. The van der Waals surface area contributed by atoms with Crippen LogP contribution in [-0.2, 0) is 19.6 Å². The Kier molecular flexibility index (Phi) is 4.63. The van der Waals surface area contributed by atoms with Crippen LogP contribution in [0.2, 0.25) is 8.67 Å². The summed E-state index contributed by atoms with van der Waals surface area (Å²) in [7, 11) is -2.61. The van der Waals surface area contributed by atoms with E-state index in [1.54, 1.807) is 0 Å². The van der Waals surface area contributed by atoms with Gasteiger partial charge in [0.05, 0.1) is 10.4 Å². The van der Waals surface area contributed by atoms with Gasteiger partial charge in [-0.25, -0.2) is 8.42 Å². The first kappa shape index (κ1) is 16.0. The number of ether oxygens (including phenoxy) is 1. The molecule has 1 aliphatic rings. The first-order valence-electron chi connectivity index (χ1n) is 5.49. The number of hydrogen-bond donors (Lipinski definition) is 1. The zero-order chi connectivity index (χ0) is 15.1. The van der Waals surface area contributed by atoms with E-state index < -0.39 is 28.1 Å². The third-order valence-electron chi connectivity index (χ3n) is 3.05. The van der Waals surface area contributed by atoms with Crippen molar-refractivity contribution in [1.82, 2.24) is 4.31 Å². The Morgan fingerprint density at radius 3 is 2.65 bits per heavy atom. The normalized spacial score (nSPS) is 24.1. The Morgan fingerprint density at radius 1 is 1.55 bits per heavy atom. The van der Waals surface area contributed by atoms with Crippen LogP contribution in [0.1, 0.15) is 6.42 Å². The molecule has 2 unspecified atom stereocenters. The second kappa shape index (κ2) is 5.78. The number of sulfonamides is 1. The Balaban J connectivity index is 2.42. The SMILES string of the molecule is COC1CC(C(=O)O)N(S(=O)(=O)c2cc(Cl)sc2Cl)C1. The van der Waals surface area contributed by atoms with Crippen molar-refractivity contribution in [3.05, 3.63) is 14.7 Å². The van der Waals surface area contributed by atoms with Gasteiger partial charge in [0.2, 0.25) is 10.0 Å². The Labute approximate surface area is 129 Å². The maximum absolute atomic E-state index is 12.5. The number of nitrogens with zero attached hydrogens (tertiary/aromatic N) is 1. The molecule has 2 heterocycles. The standard InChI is InChI=1S/C10H11Cl2NO5S2/c1-18-5-2-6(10(14)15)13(4-5)20(16,17)7-3-8(11)19-9(7)12/h3,5-6H,2,4H2,1H3,(H,14,15). The number of thiophene rings is 1. The van der Waals surface area contributed by atoms with Crippen molar-refractivity contribution in [3.63, 3.8) is 0 Å². The molecule has 1 fully saturated rings. The molecule has 0 amide bonds. The lowest BCUT2D eigenvalue weighted by Gasteiger charge is -2.20. The molecule has 6 nitrogen and oxygen atoms in total. The van der Waals surface area contributed by atoms with Crippen molar-refractivity contribution in [2.45, 2.75) is 23.5 Å². The summed E-state index contributed by atoms with van der Waals surface area (Å²) in [5.74, 6) is -1.22. The van der Waals surface area contributed by atoms with Crippen molar-refractivity contribution in [2.75, 3.05) is 13.7 Å². The summed E-state index contributed by atoms with van der Waals surface area (Å²) in [6.45, 7) is -0.0282. The number of carboxylic acids is 1. The number of methoxy groups -OCH3 is 1. The molecule has 1 saturated heterocycles. The molecule has 0 aromatic carbocycles. The molecule has 0 bridgehead atoms. The van der Waals surface area contributed by atoms with Crippen molar-refractivity contribution in [2.24, 2.45) is 0 Å². The second-order valence-corrected chi connectivity index (χ2v) is 8.36. The van der Waals surface area contributed by atoms with Crippen molar-refractivity contribution < 1.29 is 23.1 Å². The van der Waals surface area contributed by atoms with Crippen LogP contribution in [-0.4, -0.2) is 49.6 Å². The molecular weight excluding hydrogens is 349 g/mol. The van der Waals surface area contributed by atoms with Gasteiger partial charge in [-0.3, -0.25) is 4.79 Å². The Hall–Kier alpha value is -0.380. The molecule has 0 saturated carbocycles. The highest BCUT2D eigenvalue weighted by atomic mass is 35.5. The average Bonchev–Trinajstić information content (AvgIpc) is 2.93. The van der Waals surface area contributed by atoms with Crippen LogP contribution in [0.4, 0.5) is 0 Å². The minimum atomic E-state index is -4.02. The van der Waals surface area contributed by atoms with Gasteiger partial charge in [-0.15, -0.1) is 11.3 Å². The van der Waals surface area contributed by atoms with Gasteiger partial charge < -0.3 is 9.84 Å². The highest BCUT2D eigenvalue weighted by Crippen LogP contribution is 2.38. The quantitative estimate of drug-likeness (QED) is 0.887. The lowest BCUT2D eigenvalue weighted by molar-refractivity contribution is -0.140. The molecule has 1 aromatic rings. The van der Waals surface area contributed by atoms with E-state index in [-0.39, 0.29) is 26.5 Å². The summed E-state index contributed by atoms with van der Waals surface area (Å²) in [6.07, 6.45) is -0.362. The van der Waals surface area contributed by atoms with Gasteiger partial charge in [0.25, 0.3) is 0 Å². The summed E-state index contributed by atoms with van der Waals surface area (Å²) in [5.41, 5.74) is 0. The molecule has 2 atom stereocenters. The van der Waals surface area contributed by atoms with Crippen LogP contribution >= 0.6 is 34.5 Å². The molecule has 10 heteroatoms. The molecule has 112 valence electrons. The predicted molar refractivity (Wildman–Crippen MR) is 75.1 cm³/mol. The molecule has 0 radical (unpaired) electrons. The van der Waals surface area contributed by atoms with Crippen LogP contribution in [0.25, 0.3) is 0 Å². The van der Waals surface area contributed by atoms with Crippen molar-refractivity contribution in [3.8, 4) is 0 Å². The molecule has 0 spiro atoms. The Bertz CT molecular complexity index is 630. The zero-order valence-electron chi connectivity index (χ0n) is 10.2. The van der Waals surface area contributed by atoms with E-state index in [0.29, 0.717) is 0 Å². The smallest absolute Gasteiger partial charge is 0.322 e. The molecule has 1 aliphatic heterocycles. The second-order valence-electron chi connectivity index (χ2n) is 4.21. The van der Waals surface area contributed by atoms with E-state index in [1.807, 2.05) is 0 Å². The number of rotatable bonds is 4. The fraction of sp³-hybridized carbons (Fsp3) is 0.500. The van der Waals surface area contributed by atoms with Crippen molar-refractivity contribution >= 4 is 50.5 Å². The number of carbonyl (C=O) groups is 1. The van der Waals surface area contributed by atoms with E-state index in [4.69, 9.17) is 33.0 Å². The number of carboxylic acid groups (broad SMARTS) is 1. The molecule has 2 rings (SSSR count). The van der Waals surface area contributed by atoms with Crippen LogP contribution in [0.3, 0.4) is 0 Å². The van der Waals surface area contributed by atoms with Gasteiger partial charge in [-0.2, -0.15) is 4.31 Å². The highest BCUT2D eigenvalue weighted by Gasteiger charge is 2.45. The van der Waals surface area contributed by atoms with E-state index >= 15 is 0 Å². The average molecular weight is 360 g/mol. The number of halogens is 2.